The van der Waals surface area contributed by atoms with Crippen LogP contribution in [0.1, 0.15) is 24.3 Å². The van der Waals surface area contributed by atoms with Crippen LogP contribution in [0.4, 0.5) is 20.3 Å². The van der Waals surface area contributed by atoms with Gasteiger partial charge in [-0.3, -0.25) is 4.79 Å². The van der Waals surface area contributed by atoms with Crippen LogP contribution >= 0.6 is 0 Å². The second kappa shape index (κ2) is 6.25. The van der Waals surface area contributed by atoms with E-state index in [9.17, 15) is 13.6 Å². The van der Waals surface area contributed by atoms with Gasteiger partial charge in [0.2, 0.25) is 0 Å². The van der Waals surface area contributed by atoms with Crippen LogP contribution in [0.5, 0.6) is 0 Å². The number of carbonyl (C=O) groups excluding carboxylic acids is 1. The highest BCUT2D eigenvalue weighted by molar-refractivity contribution is 6.02. The number of aromatic nitrogens is 2. The normalized spacial score (nSPS) is 10.5. The molecule has 5 nitrogen and oxygen atoms in total. The minimum atomic E-state index is -1.03. The van der Waals surface area contributed by atoms with Gasteiger partial charge >= 0.3 is 0 Å². The first-order valence-electron chi connectivity index (χ1n) is 6.32. The lowest BCUT2D eigenvalue weighted by atomic mass is 10.3. The maximum atomic E-state index is 13.0. The molecule has 0 aliphatic heterocycles. The van der Waals surface area contributed by atoms with E-state index in [0.717, 1.165) is 12.1 Å². The zero-order chi connectivity index (χ0) is 15.4. The predicted molar refractivity (Wildman–Crippen MR) is 75.1 cm³/mol. The minimum Gasteiger partial charge on any atom is -0.366 e. The van der Waals surface area contributed by atoms with E-state index in [-0.39, 0.29) is 17.4 Å². The Bertz CT molecular complexity index is 644. The zero-order valence-electron chi connectivity index (χ0n) is 11.5. The third kappa shape index (κ3) is 3.95. The third-order valence-corrected chi connectivity index (χ3v) is 2.51. The molecule has 1 amide bonds. The number of amides is 1. The summed E-state index contributed by atoms with van der Waals surface area (Å²) in [4.78, 5) is 11.9. The average molecular weight is 292 g/mol. The van der Waals surface area contributed by atoms with Crippen LogP contribution in [0.25, 0.3) is 0 Å². The lowest BCUT2D eigenvalue weighted by Crippen LogP contribution is -2.16. The van der Waals surface area contributed by atoms with Gasteiger partial charge in [-0.15, -0.1) is 10.2 Å². The molecule has 1 heterocycles. The topological polar surface area (TPSA) is 66.9 Å². The first-order chi connectivity index (χ1) is 9.95. The average Bonchev–Trinajstić information content (AvgIpc) is 2.43. The van der Waals surface area contributed by atoms with Crippen molar-refractivity contribution in [2.24, 2.45) is 0 Å². The quantitative estimate of drug-likeness (QED) is 0.909. The number of rotatable bonds is 4. The fraction of sp³-hybridized carbons (Fsp3) is 0.214. The van der Waals surface area contributed by atoms with Gasteiger partial charge < -0.3 is 10.6 Å². The van der Waals surface area contributed by atoms with Crippen molar-refractivity contribution in [1.82, 2.24) is 10.2 Å². The summed E-state index contributed by atoms with van der Waals surface area (Å²) < 4.78 is 25.8. The summed E-state index contributed by atoms with van der Waals surface area (Å²) in [5, 5.41) is 13.1. The minimum absolute atomic E-state index is 0.0778. The molecular weight excluding hydrogens is 278 g/mol. The molecule has 0 aliphatic rings. The maximum absolute atomic E-state index is 13.0. The number of benzene rings is 1. The molecule has 0 bridgehead atoms. The Morgan fingerprint density at radius 2 is 1.86 bits per heavy atom. The molecule has 2 aromatic rings. The van der Waals surface area contributed by atoms with Crippen molar-refractivity contribution < 1.29 is 13.6 Å². The van der Waals surface area contributed by atoms with Crippen LogP contribution in [0.2, 0.25) is 0 Å². The van der Waals surface area contributed by atoms with Crippen molar-refractivity contribution in [1.29, 1.82) is 0 Å². The number of anilines is 2. The van der Waals surface area contributed by atoms with Gasteiger partial charge in [-0.1, -0.05) is 0 Å². The van der Waals surface area contributed by atoms with Crippen LogP contribution in [0.3, 0.4) is 0 Å². The Balaban J connectivity index is 2.07. The Labute approximate surface area is 120 Å². The summed E-state index contributed by atoms with van der Waals surface area (Å²) in [5.74, 6) is -2.01. The van der Waals surface area contributed by atoms with Gasteiger partial charge in [0.05, 0.1) is 0 Å². The van der Waals surface area contributed by atoms with Crippen molar-refractivity contribution in [3.63, 3.8) is 0 Å². The predicted octanol–water partition coefficient (Wildman–Crippen LogP) is 2.83. The highest BCUT2D eigenvalue weighted by Crippen LogP contribution is 2.14. The molecule has 0 saturated heterocycles. The van der Waals surface area contributed by atoms with Gasteiger partial charge in [-0.05, 0) is 38.1 Å². The largest absolute Gasteiger partial charge is 0.366 e. The van der Waals surface area contributed by atoms with Crippen molar-refractivity contribution in [3.05, 3.63) is 47.7 Å². The molecule has 7 heteroatoms. The Hall–Kier alpha value is -2.57. The molecule has 0 atom stereocenters. The molecule has 110 valence electrons. The second-order valence-corrected chi connectivity index (χ2v) is 4.69. The monoisotopic (exact) mass is 292 g/mol. The van der Waals surface area contributed by atoms with Crippen LogP contribution in [0.15, 0.2) is 30.3 Å². The van der Waals surface area contributed by atoms with Crippen molar-refractivity contribution in [2.75, 3.05) is 10.6 Å². The smallest absolute Gasteiger partial charge is 0.276 e. The van der Waals surface area contributed by atoms with Crippen molar-refractivity contribution in [2.45, 2.75) is 19.9 Å². The van der Waals surface area contributed by atoms with E-state index in [2.05, 4.69) is 20.8 Å². The van der Waals surface area contributed by atoms with Crippen molar-refractivity contribution >= 4 is 17.4 Å². The van der Waals surface area contributed by atoms with E-state index in [4.69, 9.17) is 0 Å². The Morgan fingerprint density at radius 1 is 1.10 bits per heavy atom. The first-order valence-corrected chi connectivity index (χ1v) is 6.32. The number of nitrogens with zero attached hydrogens (tertiary/aromatic N) is 2. The molecule has 2 N–H and O–H groups in total. The number of carbonyl (C=O) groups is 1. The van der Waals surface area contributed by atoms with E-state index in [1.165, 1.54) is 12.1 Å². The molecule has 0 aliphatic carbocycles. The Kier molecular flexibility index (Phi) is 4.42. The summed E-state index contributed by atoms with van der Waals surface area (Å²) in [6, 6.07) is 6.40. The summed E-state index contributed by atoms with van der Waals surface area (Å²) in [5.41, 5.74) is 0.221. The van der Waals surface area contributed by atoms with Crippen LogP contribution in [-0.2, 0) is 0 Å². The fourth-order valence-corrected chi connectivity index (χ4v) is 1.60. The second-order valence-electron chi connectivity index (χ2n) is 4.69. The zero-order valence-corrected chi connectivity index (χ0v) is 11.5. The number of nitrogens with one attached hydrogen (secondary N) is 2. The van der Waals surface area contributed by atoms with Crippen molar-refractivity contribution in [3.8, 4) is 0 Å². The summed E-state index contributed by atoms with van der Waals surface area (Å²) in [6.45, 7) is 3.90. The van der Waals surface area contributed by atoms with Gasteiger partial charge in [-0.2, -0.15) is 0 Å². The lowest BCUT2D eigenvalue weighted by molar-refractivity contribution is 0.102. The molecule has 2 rings (SSSR count). The fourth-order valence-electron chi connectivity index (χ4n) is 1.60. The van der Waals surface area contributed by atoms with E-state index in [1.54, 1.807) is 6.07 Å². The van der Waals surface area contributed by atoms with Gasteiger partial charge in [0.15, 0.2) is 17.3 Å². The highest BCUT2D eigenvalue weighted by atomic mass is 19.2. The van der Waals surface area contributed by atoms with E-state index >= 15 is 0 Å². The van der Waals surface area contributed by atoms with Crippen LogP contribution < -0.4 is 10.6 Å². The van der Waals surface area contributed by atoms with E-state index in [0.29, 0.717) is 5.82 Å². The summed E-state index contributed by atoms with van der Waals surface area (Å²) in [6.07, 6.45) is 0. The summed E-state index contributed by atoms with van der Waals surface area (Å²) in [7, 11) is 0. The molecule has 21 heavy (non-hydrogen) atoms. The molecule has 0 unspecified atom stereocenters. The van der Waals surface area contributed by atoms with E-state index in [1.807, 2.05) is 13.8 Å². The van der Waals surface area contributed by atoms with Gasteiger partial charge in [0, 0.05) is 17.8 Å². The van der Waals surface area contributed by atoms with Gasteiger partial charge in [0.25, 0.3) is 5.91 Å². The van der Waals surface area contributed by atoms with Crippen LogP contribution in [0, 0.1) is 11.6 Å². The van der Waals surface area contributed by atoms with Crippen LogP contribution in [-0.4, -0.2) is 22.1 Å². The molecule has 0 saturated carbocycles. The molecule has 1 aromatic carbocycles. The standard InChI is InChI=1S/C14H14F2N4O/c1-8(2)17-13-6-5-12(19-20-13)14(21)18-9-3-4-10(15)11(16)7-9/h3-8H,1-2H3,(H,17,20)(H,18,21). The molecule has 0 radical (unpaired) electrons. The molecular formula is C14H14F2N4O. The molecule has 0 spiro atoms. The first kappa shape index (κ1) is 14.8. The SMILES string of the molecule is CC(C)Nc1ccc(C(=O)Nc2ccc(F)c(F)c2)nn1. The summed E-state index contributed by atoms with van der Waals surface area (Å²) >= 11 is 0. The molecule has 0 fully saturated rings. The number of hydrogen-bond acceptors (Lipinski definition) is 4. The van der Waals surface area contributed by atoms with Gasteiger partial charge in [0.1, 0.15) is 5.82 Å². The Morgan fingerprint density at radius 3 is 2.43 bits per heavy atom. The third-order valence-electron chi connectivity index (χ3n) is 2.51. The van der Waals surface area contributed by atoms with E-state index < -0.39 is 17.5 Å². The highest BCUT2D eigenvalue weighted by Gasteiger charge is 2.10. The number of halogens is 2. The van der Waals surface area contributed by atoms with Gasteiger partial charge in [-0.25, -0.2) is 8.78 Å². The maximum Gasteiger partial charge on any atom is 0.276 e. The number of hydrogen-bond donors (Lipinski definition) is 2. The lowest BCUT2D eigenvalue weighted by Gasteiger charge is -2.08. The molecule has 1 aromatic heterocycles.